The van der Waals surface area contributed by atoms with Crippen molar-refractivity contribution in [2.24, 2.45) is 0 Å². The van der Waals surface area contributed by atoms with Gasteiger partial charge in [0.2, 0.25) is 6.79 Å². The second-order valence-electron chi connectivity index (χ2n) is 5.71. The van der Waals surface area contributed by atoms with Crippen LogP contribution in [-0.4, -0.2) is 34.8 Å². The number of nitrogens with zero attached hydrogens (tertiary/aromatic N) is 2. The van der Waals surface area contributed by atoms with Gasteiger partial charge in [0, 0.05) is 17.8 Å². The first kappa shape index (κ1) is 15.8. The van der Waals surface area contributed by atoms with E-state index in [2.05, 4.69) is 16.5 Å². The fourth-order valence-electron chi connectivity index (χ4n) is 2.84. The first-order valence-electron chi connectivity index (χ1n) is 7.92. The maximum Gasteiger partial charge on any atom is 0.231 e. The van der Waals surface area contributed by atoms with Gasteiger partial charge in [0.25, 0.3) is 0 Å². The molecule has 0 bridgehead atoms. The summed E-state index contributed by atoms with van der Waals surface area (Å²) in [7, 11) is 0. The predicted octanol–water partition coefficient (Wildman–Crippen LogP) is 1.55. The molecule has 2 N–H and O–H groups in total. The lowest BCUT2D eigenvalue weighted by Crippen LogP contribution is -2.17. The molecule has 0 unspecified atom stereocenters. The summed E-state index contributed by atoms with van der Waals surface area (Å²) >= 11 is 0. The Bertz CT molecular complexity index is 682. The number of aliphatic hydroxyl groups excluding tert-OH is 1. The van der Waals surface area contributed by atoms with Gasteiger partial charge in [0.1, 0.15) is 0 Å². The highest BCUT2D eigenvalue weighted by molar-refractivity contribution is 5.44. The third kappa shape index (κ3) is 3.48. The monoisotopic (exact) mass is 317 g/mol. The molecule has 6 nitrogen and oxygen atoms in total. The van der Waals surface area contributed by atoms with Crippen LogP contribution in [-0.2, 0) is 19.5 Å². The number of benzene rings is 1. The van der Waals surface area contributed by atoms with Gasteiger partial charge in [-0.3, -0.25) is 4.68 Å². The van der Waals surface area contributed by atoms with Gasteiger partial charge in [0.15, 0.2) is 11.5 Å². The molecule has 0 atom stereocenters. The average Bonchev–Trinajstić information content (AvgIpc) is 3.10. The van der Waals surface area contributed by atoms with Crippen LogP contribution >= 0.6 is 0 Å². The normalized spacial score (nSPS) is 12.8. The topological polar surface area (TPSA) is 68.5 Å². The Labute approximate surface area is 136 Å². The number of fused-ring (bicyclic) bond motifs is 1. The summed E-state index contributed by atoms with van der Waals surface area (Å²) in [4.78, 5) is 0. The molecule has 3 rings (SSSR count). The standard InChI is InChI=1S/C17H23N3O3/c1-12-15(13(2)20(19-12)7-8-21)10-18-6-5-14-3-4-16-17(9-14)23-11-22-16/h3-4,9,18,21H,5-8,10-11H2,1-2H3. The van der Waals surface area contributed by atoms with Crippen molar-refractivity contribution in [3.63, 3.8) is 0 Å². The molecule has 0 spiro atoms. The number of aromatic nitrogens is 2. The van der Waals surface area contributed by atoms with Gasteiger partial charge in [-0.1, -0.05) is 6.07 Å². The fraction of sp³-hybridized carbons (Fsp3) is 0.471. The molecule has 0 saturated heterocycles. The van der Waals surface area contributed by atoms with E-state index < -0.39 is 0 Å². The molecule has 1 aromatic heterocycles. The summed E-state index contributed by atoms with van der Waals surface area (Å²) in [5.74, 6) is 1.66. The molecule has 1 aliphatic heterocycles. The van der Waals surface area contributed by atoms with Crippen molar-refractivity contribution in [1.29, 1.82) is 0 Å². The van der Waals surface area contributed by atoms with Crippen molar-refractivity contribution in [2.75, 3.05) is 19.9 Å². The molecule has 0 fully saturated rings. The van der Waals surface area contributed by atoms with Crippen LogP contribution in [0.25, 0.3) is 0 Å². The molecular formula is C17H23N3O3. The van der Waals surface area contributed by atoms with E-state index in [4.69, 9.17) is 14.6 Å². The van der Waals surface area contributed by atoms with E-state index in [0.29, 0.717) is 13.3 Å². The fourth-order valence-corrected chi connectivity index (χ4v) is 2.84. The van der Waals surface area contributed by atoms with Crippen LogP contribution in [0.5, 0.6) is 11.5 Å². The van der Waals surface area contributed by atoms with Crippen LogP contribution in [0.4, 0.5) is 0 Å². The lowest BCUT2D eigenvalue weighted by atomic mass is 10.1. The van der Waals surface area contributed by atoms with Gasteiger partial charge in [-0.15, -0.1) is 0 Å². The predicted molar refractivity (Wildman–Crippen MR) is 86.8 cm³/mol. The van der Waals surface area contributed by atoms with E-state index >= 15 is 0 Å². The smallest absolute Gasteiger partial charge is 0.231 e. The van der Waals surface area contributed by atoms with Crippen molar-refractivity contribution < 1.29 is 14.6 Å². The van der Waals surface area contributed by atoms with Crippen LogP contribution in [0.1, 0.15) is 22.5 Å². The maximum atomic E-state index is 9.06. The summed E-state index contributed by atoms with van der Waals surface area (Å²) in [6, 6.07) is 6.08. The van der Waals surface area contributed by atoms with Crippen LogP contribution in [0.2, 0.25) is 0 Å². The molecule has 0 saturated carbocycles. The van der Waals surface area contributed by atoms with E-state index in [1.165, 1.54) is 11.1 Å². The van der Waals surface area contributed by atoms with Crippen LogP contribution in [0, 0.1) is 13.8 Å². The second kappa shape index (κ2) is 7.02. The SMILES string of the molecule is Cc1nn(CCO)c(C)c1CNCCc1ccc2c(c1)OCO2. The number of aliphatic hydroxyl groups is 1. The van der Waals surface area contributed by atoms with E-state index in [0.717, 1.165) is 42.4 Å². The minimum atomic E-state index is 0.110. The molecule has 0 radical (unpaired) electrons. The summed E-state index contributed by atoms with van der Waals surface area (Å²) in [5, 5.41) is 17.0. The third-order valence-corrected chi connectivity index (χ3v) is 4.17. The molecule has 1 aliphatic rings. The van der Waals surface area contributed by atoms with Crippen LogP contribution < -0.4 is 14.8 Å². The number of aryl methyl sites for hydroxylation is 1. The quantitative estimate of drug-likeness (QED) is 0.759. The Morgan fingerprint density at radius 1 is 1.26 bits per heavy atom. The highest BCUT2D eigenvalue weighted by Crippen LogP contribution is 2.32. The van der Waals surface area contributed by atoms with Gasteiger partial charge in [-0.25, -0.2) is 0 Å². The molecule has 2 aromatic rings. The molecule has 2 heterocycles. The van der Waals surface area contributed by atoms with Gasteiger partial charge in [-0.2, -0.15) is 5.10 Å². The van der Waals surface area contributed by atoms with E-state index in [1.807, 2.05) is 30.7 Å². The third-order valence-electron chi connectivity index (χ3n) is 4.17. The van der Waals surface area contributed by atoms with E-state index in [1.54, 1.807) is 0 Å². The summed E-state index contributed by atoms with van der Waals surface area (Å²) in [6.07, 6.45) is 0.930. The Balaban J connectivity index is 1.52. The zero-order chi connectivity index (χ0) is 16.2. The van der Waals surface area contributed by atoms with E-state index in [9.17, 15) is 0 Å². The maximum absolute atomic E-state index is 9.06. The van der Waals surface area contributed by atoms with Gasteiger partial charge in [0.05, 0.1) is 18.8 Å². The summed E-state index contributed by atoms with van der Waals surface area (Å²) < 4.78 is 12.6. The van der Waals surface area contributed by atoms with Crippen molar-refractivity contribution in [2.45, 2.75) is 33.4 Å². The molecule has 124 valence electrons. The molecule has 1 aromatic carbocycles. The first-order chi connectivity index (χ1) is 11.2. The number of ether oxygens (including phenoxy) is 2. The molecule has 23 heavy (non-hydrogen) atoms. The summed E-state index contributed by atoms with van der Waals surface area (Å²) in [5.41, 5.74) is 4.58. The largest absolute Gasteiger partial charge is 0.454 e. The van der Waals surface area contributed by atoms with Gasteiger partial charge >= 0.3 is 0 Å². The van der Waals surface area contributed by atoms with Crippen molar-refractivity contribution >= 4 is 0 Å². The van der Waals surface area contributed by atoms with E-state index in [-0.39, 0.29) is 6.61 Å². The lowest BCUT2D eigenvalue weighted by molar-refractivity contribution is 0.174. The van der Waals surface area contributed by atoms with Gasteiger partial charge < -0.3 is 19.9 Å². The number of rotatable bonds is 7. The second-order valence-corrected chi connectivity index (χ2v) is 5.71. The molecule has 0 aliphatic carbocycles. The number of hydrogen-bond acceptors (Lipinski definition) is 5. The van der Waals surface area contributed by atoms with Crippen LogP contribution in [0.15, 0.2) is 18.2 Å². The highest BCUT2D eigenvalue weighted by atomic mass is 16.7. The van der Waals surface area contributed by atoms with Crippen molar-refractivity contribution in [3.8, 4) is 11.5 Å². The Hall–Kier alpha value is -2.05. The minimum Gasteiger partial charge on any atom is -0.454 e. The molecular weight excluding hydrogens is 294 g/mol. The zero-order valence-electron chi connectivity index (χ0n) is 13.6. The van der Waals surface area contributed by atoms with Crippen LogP contribution in [0.3, 0.4) is 0 Å². The average molecular weight is 317 g/mol. The zero-order valence-corrected chi connectivity index (χ0v) is 13.6. The Morgan fingerprint density at radius 2 is 2.09 bits per heavy atom. The minimum absolute atomic E-state index is 0.110. The molecule has 0 amide bonds. The summed E-state index contributed by atoms with van der Waals surface area (Å²) in [6.45, 7) is 6.69. The number of hydrogen-bond donors (Lipinski definition) is 2. The van der Waals surface area contributed by atoms with Gasteiger partial charge in [-0.05, 0) is 44.5 Å². The van der Waals surface area contributed by atoms with Crippen molar-refractivity contribution in [3.05, 3.63) is 40.7 Å². The molecule has 6 heteroatoms. The Morgan fingerprint density at radius 3 is 2.91 bits per heavy atom. The number of nitrogens with one attached hydrogen (secondary N) is 1. The van der Waals surface area contributed by atoms with Crippen molar-refractivity contribution in [1.82, 2.24) is 15.1 Å². The lowest BCUT2D eigenvalue weighted by Gasteiger charge is -2.07. The highest BCUT2D eigenvalue weighted by Gasteiger charge is 2.13. The first-order valence-corrected chi connectivity index (χ1v) is 7.92. The Kier molecular flexibility index (Phi) is 4.83.